The van der Waals surface area contributed by atoms with Crippen molar-refractivity contribution >= 4 is 40.2 Å². The van der Waals surface area contributed by atoms with E-state index in [2.05, 4.69) is 22.9 Å². The van der Waals surface area contributed by atoms with Crippen molar-refractivity contribution < 1.29 is 24.3 Å². The highest BCUT2D eigenvalue weighted by Crippen LogP contribution is 2.34. The Bertz CT molecular complexity index is 909. The van der Waals surface area contributed by atoms with Crippen LogP contribution in [0.25, 0.3) is 0 Å². The first-order valence-electron chi connectivity index (χ1n) is 12.9. The Kier molecular flexibility index (Phi) is 12.1. The average molecular weight is 524 g/mol. The van der Waals surface area contributed by atoms with Crippen LogP contribution in [0.2, 0.25) is 0 Å². The first kappa shape index (κ1) is 29.6. The Morgan fingerprint density at radius 3 is 2.25 bits per heavy atom. The number of hydrogen-bond donors (Lipinski definition) is 4. The van der Waals surface area contributed by atoms with E-state index in [9.17, 15) is 24.3 Å². The molecule has 0 spiro atoms. The van der Waals surface area contributed by atoms with Crippen LogP contribution in [-0.4, -0.2) is 84.0 Å². The lowest BCUT2D eigenvalue weighted by Gasteiger charge is -2.34. The van der Waals surface area contributed by atoms with Crippen molar-refractivity contribution in [1.82, 2.24) is 20.4 Å². The zero-order valence-electron chi connectivity index (χ0n) is 21.9. The topological polar surface area (TPSA) is 131 Å². The monoisotopic (exact) mass is 523 g/mol. The van der Waals surface area contributed by atoms with Gasteiger partial charge >= 0.3 is 12.0 Å². The normalized spacial score (nSPS) is 14.1. The third-order valence-electron chi connectivity index (χ3n) is 6.07. The van der Waals surface area contributed by atoms with E-state index in [1.54, 1.807) is 11.8 Å². The Morgan fingerprint density at radius 1 is 1.00 bits per heavy atom. The summed E-state index contributed by atoms with van der Waals surface area (Å²) in [6.07, 6.45) is 6.63. The molecule has 1 aliphatic rings. The van der Waals surface area contributed by atoms with E-state index in [0.717, 1.165) is 30.6 Å². The molecule has 0 unspecified atom stereocenters. The molecule has 0 atom stereocenters. The fraction of sp³-hybridized carbons (Fsp3) is 0.680. The first-order chi connectivity index (χ1) is 17.1. The molecular weight excluding hydrogens is 482 g/mol. The van der Waals surface area contributed by atoms with E-state index in [1.165, 1.54) is 19.3 Å². The summed E-state index contributed by atoms with van der Waals surface area (Å²) < 4.78 is 0. The lowest BCUT2D eigenvalue weighted by molar-refractivity contribution is -0.123. The molecule has 2 heterocycles. The molecule has 36 heavy (non-hydrogen) atoms. The molecule has 0 aromatic carbocycles. The van der Waals surface area contributed by atoms with Crippen LogP contribution in [0.15, 0.2) is 0 Å². The number of carboxylic acid groups (broad SMARTS) is 1. The predicted molar refractivity (Wildman–Crippen MR) is 142 cm³/mol. The number of piperazine rings is 1. The number of unbranched alkanes of at least 4 members (excludes halogenated alkanes) is 5. The summed E-state index contributed by atoms with van der Waals surface area (Å²) in [5.41, 5.74) is 0.296. The maximum Gasteiger partial charge on any atom is 0.339 e. The fourth-order valence-electron chi connectivity index (χ4n) is 4.14. The van der Waals surface area contributed by atoms with Crippen molar-refractivity contribution in [2.45, 2.75) is 72.3 Å². The standard InChI is InChI=1S/C25H41N5O5S/c1-5-6-7-8-9-10-11-26-25(35)28-22-20(24(33)34)18(4)21(36-22)23(32)30-14-12-29(13-15-30)16-19(31)27-17(2)3/h17H,5-16H2,1-4H3,(H,27,31)(H,33,34)(H2,26,28,35). The van der Waals surface area contributed by atoms with Crippen molar-refractivity contribution in [2.24, 2.45) is 0 Å². The lowest BCUT2D eigenvalue weighted by Crippen LogP contribution is -2.51. The molecule has 1 aliphatic heterocycles. The fourth-order valence-corrected chi connectivity index (χ4v) is 5.30. The second kappa shape index (κ2) is 14.8. The van der Waals surface area contributed by atoms with Gasteiger partial charge in [-0.25, -0.2) is 9.59 Å². The van der Waals surface area contributed by atoms with Crippen LogP contribution >= 0.6 is 11.3 Å². The summed E-state index contributed by atoms with van der Waals surface area (Å²) in [6.45, 7) is 10.4. The van der Waals surface area contributed by atoms with Gasteiger partial charge in [-0.3, -0.25) is 19.8 Å². The van der Waals surface area contributed by atoms with Crippen LogP contribution in [0.1, 0.15) is 84.9 Å². The number of nitrogens with one attached hydrogen (secondary N) is 3. The number of rotatable bonds is 13. The highest BCUT2D eigenvalue weighted by Gasteiger charge is 2.30. The van der Waals surface area contributed by atoms with Crippen LogP contribution in [0.3, 0.4) is 0 Å². The van der Waals surface area contributed by atoms with E-state index in [0.29, 0.717) is 43.2 Å². The van der Waals surface area contributed by atoms with E-state index in [4.69, 9.17) is 0 Å². The summed E-state index contributed by atoms with van der Waals surface area (Å²) in [4.78, 5) is 53.5. The molecule has 0 bridgehead atoms. The van der Waals surface area contributed by atoms with Crippen molar-refractivity contribution in [1.29, 1.82) is 0 Å². The third kappa shape index (κ3) is 9.09. The average Bonchev–Trinajstić information content (AvgIpc) is 3.13. The van der Waals surface area contributed by atoms with Crippen LogP contribution in [0, 0.1) is 6.92 Å². The second-order valence-corrected chi connectivity index (χ2v) is 10.5. The van der Waals surface area contributed by atoms with Gasteiger partial charge < -0.3 is 20.6 Å². The van der Waals surface area contributed by atoms with Crippen molar-refractivity contribution in [2.75, 3.05) is 44.6 Å². The van der Waals surface area contributed by atoms with Crippen LogP contribution < -0.4 is 16.0 Å². The smallest absolute Gasteiger partial charge is 0.339 e. The van der Waals surface area contributed by atoms with Crippen LogP contribution in [0.4, 0.5) is 9.80 Å². The molecule has 0 saturated carbocycles. The summed E-state index contributed by atoms with van der Waals surface area (Å²) in [5, 5.41) is 18.2. The van der Waals surface area contributed by atoms with Gasteiger partial charge in [-0.05, 0) is 32.8 Å². The number of carbonyl (C=O) groups excluding carboxylic acids is 3. The molecule has 0 radical (unpaired) electrons. The Morgan fingerprint density at radius 2 is 1.64 bits per heavy atom. The maximum absolute atomic E-state index is 13.2. The number of urea groups is 1. The van der Waals surface area contributed by atoms with Gasteiger partial charge in [0, 0.05) is 38.8 Å². The van der Waals surface area contributed by atoms with E-state index < -0.39 is 12.0 Å². The number of aromatic carboxylic acids is 1. The molecule has 1 saturated heterocycles. The number of anilines is 1. The largest absolute Gasteiger partial charge is 0.478 e. The maximum atomic E-state index is 13.2. The highest BCUT2D eigenvalue weighted by molar-refractivity contribution is 7.18. The molecule has 11 heteroatoms. The van der Waals surface area contributed by atoms with Gasteiger partial charge in [0.25, 0.3) is 5.91 Å². The SMILES string of the molecule is CCCCCCCCNC(=O)Nc1sc(C(=O)N2CCN(CC(=O)NC(C)C)CC2)c(C)c1C(=O)O. The number of thiophene rings is 1. The number of amides is 4. The van der Waals surface area contributed by atoms with Gasteiger partial charge in [0.2, 0.25) is 5.91 Å². The van der Waals surface area contributed by atoms with Gasteiger partial charge in [-0.2, -0.15) is 0 Å². The zero-order valence-corrected chi connectivity index (χ0v) is 22.8. The minimum atomic E-state index is -1.19. The molecule has 1 fully saturated rings. The Hall–Kier alpha value is -2.66. The molecule has 1 aromatic rings. The van der Waals surface area contributed by atoms with Crippen LogP contribution in [0.5, 0.6) is 0 Å². The second-order valence-electron chi connectivity index (χ2n) is 9.50. The Labute approximate surface area is 217 Å². The molecule has 202 valence electrons. The van der Waals surface area contributed by atoms with Gasteiger partial charge in [0.05, 0.1) is 17.0 Å². The number of carbonyl (C=O) groups is 4. The minimum absolute atomic E-state index is 0.0459. The molecule has 10 nitrogen and oxygen atoms in total. The molecule has 0 aliphatic carbocycles. The molecule has 1 aromatic heterocycles. The minimum Gasteiger partial charge on any atom is -0.478 e. The van der Waals surface area contributed by atoms with Gasteiger partial charge in [0.1, 0.15) is 5.00 Å². The molecule has 2 rings (SSSR count). The van der Waals surface area contributed by atoms with Crippen molar-refractivity contribution in [3.8, 4) is 0 Å². The van der Waals surface area contributed by atoms with Crippen LogP contribution in [-0.2, 0) is 4.79 Å². The van der Waals surface area contributed by atoms with Gasteiger partial charge in [0.15, 0.2) is 0 Å². The first-order valence-corrected chi connectivity index (χ1v) is 13.7. The van der Waals surface area contributed by atoms with Gasteiger partial charge in [-0.15, -0.1) is 11.3 Å². The summed E-state index contributed by atoms with van der Waals surface area (Å²) in [6, 6.07) is -0.398. The highest BCUT2D eigenvalue weighted by atomic mass is 32.1. The lowest BCUT2D eigenvalue weighted by atomic mass is 10.1. The summed E-state index contributed by atoms with van der Waals surface area (Å²) in [7, 11) is 0. The number of hydrogen-bond acceptors (Lipinski definition) is 6. The third-order valence-corrected chi connectivity index (χ3v) is 7.27. The predicted octanol–water partition coefficient (Wildman–Crippen LogP) is 3.52. The van der Waals surface area contributed by atoms with Crippen molar-refractivity contribution in [3.05, 3.63) is 16.0 Å². The van der Waals surface area contributed by atoms with Crippen molar-refractivity contribution in [3.63, 3.8) is 0 Å². The van der Waals surface area contributed by atoms with E-state index in [-0.39, 0.29) is 35.0 Å². The molecule has 4 amide bonds. The van der Waals surface area contributed by atoms with E-state index >= 15 is 0 Å². The summed E-state index contributed by atoms with van der Waals surface area (Å²) in [5.74, 6) is -1.49. The molecule has 4 N–H and O–H groups in total. The summed E-state index contributed by atoms with van der Waals surface area (Å²) >= 11 is 0.994. The van der Waals surface area contributed by atoms with E-state index in [1.807, 2.05) is 18.7 Å². The van der Waals surface area contributed by atoms with Gasteiger partial charge in [-0.1, -0.05) is 39.0 Å². The number of carboxylic acids is 1. The number of nitrogens with zero attached hydrogens (tertiary/aromatic N) is 2. The zero-order chi connectivity index (χ0) is 26.7. The quantitative estimate of drug-likeness (QED) is 0.293. The Balaban J connectivity index is 1.94. The molecular formula is C25H41N5O5S.